The Morgan fingerprint density at radius 2 is 1.14 bits per heavy atom. The molecule has 1 N–H and O–H groups in total. The van der Waals surface area contributed by atoms with E-state index in [1.807, 2.05) is 13.8 Å². The van der Waals surface area contributed by atoms with Gasteiger partial charge >= 0.3 is 0 Å². The van der Waals surface area contributed by atoms with Crippen molar-refractivity contribution in [3.05, 3.63) is 0 Å². The lowest BCUT2D eigenvalue weighted by Crippen LogP contribution is -2.34. The van der Waals surface area contributed by atoms with Gasteiger partial charge < -0.3 is 5.32 Å². The monoisotopic (exact) mass is 297 g/mol. The van der Waals surface area contributed by atoms with Crippen molar-refractivity contribution in [2.45, 2.75) is 104 Å². The molecule has 126 valence electrons. The average Bonchev–Trinajstić information content (AvgIpc) is 2.47. The van der Waals surface area contributed by atoms with Crippen LogP contribution in [0, 0.1) is 5.41 Å². The Morgan fingerprint density at radius 1 is 0.762 bits per heavy atom. The summed E-state index contributed by atoms with van der Waals surface area (Å²) in [5, 5.41) is 2.76. The molecule has 0 aliphatic carbocycles. The molecule has 0 aromatic heterocycles. The summed E-state index contributed by atoms with van der Waals surface area (Å²) < 4.78 is 0. The van der Waals surface area contributed by atoms with E-state index in [2.05, 4.69) is 12.2 Å². The summed E-state index contributed by atoms with van der Waals surface area (Å²) >= 11 is 0. The van der Waals surface area contributed by atoms with Gasteiger partial charge in [0.15, 0.2) is 0 Å². The number of nitrogens with one attached hydrogen (secondary N) is 1. The van der Waals surface area contributed by atoms with Gasteiger partial charge in [-0.1, -0.05) is 97.8 Å². The second kappa shape index (κ2) is 13.2. The summed E-state index contributed by atoms with van der Waals surface area (Å²) in [6.45, 7) is 6.37. The third kappa shape index (κ3) is 11.8. The quantitative estimate of drug-likeness (QED) is 0.400. The second-order valence-corrected chi connectivity index (χ2v) is 7.10. The van der Waals surface area contributed by atoms with Crippen molar-refractivity contribution in [1.82, 2.24) is 5.32 Å². The van der Waals surface area contributed by atoms with Gasteiger partial charge in [0.05, 0.1) is 0 Å². The lowest BCUT2D eigenvalue weighted by atomic mass is 9.86. The first-order chi connectivity index (χ1) is 10.0. The van der Waals surface area contributed by atoms with Crippen LogP contribution in [0.15, 0.2) is 0 Å². The molecule has 21 heavy (non-hydrogen) atoms. The van der Waals surface area contributed by atoms with Crippen molar-refractivity contribution >= 4 is 5.91 Å². The molecule has 2 heteroatoms. The highest BCUT2D eigenvalue weighted by Gasteiger charge is 2.25. The maximum absolute atomic E-state index is 11.7. The zero-order valence-electron chi connectivity index (χ0n) is 15.1. The topological polar surface area (TPSA) is 29.1 Å². The normalized spacial score (nSPS) is 11.6. The molecule has 0 aliphatic heterocycles. The van der Waals surface area contributed by atoms with Gasteiger partial charge in [-0.05, 0) is 6.42 Å². The van der Waals surface area contributed by atoms with E-state index >= 15 is 0 Å². The lowest BCUT2D eigenvalue weighted by Gasteiger charge is -2.22. The Balaban J connectivity index is 3.28. The summed E-state index contributed by atoms with van der Waals surface area (Å²) in [7, 11) is 1.73. The Kier molecular flexibility index (Phi) is 12.8. The molecule has 0 unspecified atom stereocenters. The van der Waals surface area contributed by atoms with Crippen LogP contribution < -0.4 is 5.32 Å². The van der Waals surface area contributed by atoms with Crippen LogP contribution in [0.25, 0.3) is 0 Å². The molecular formula is C19H39NO. The van der Waals surface area contributed by atoms with Crippen LogP contribution in [0.3, 0.4) is 0 Å². The highest BCUT2D eigenvalue weighted by atomic mass is 16.2. The molecule has 0 spiro atoms. The average molecular weight is 298 g/mol. The summed E-state index contributed by atoms with van der Waals surface area (Å²) in [4.78, 5) is 11.7. The van der Waals surface area contributed by atoms with E-state index in [1.165, 1.54) is 77.0 Å². The minimum Gasteiger partial charge on any atom is -0.359 e. The van der Waals surface area contributed by atoms with E-state index in [9.17, 15) is 4.79 Å². The second-order valence-electron chi connectivity index (χ2n) is 7.10. The zero-order chi connectivity index (χ0) is 16.0. The number of rotatable bonds is 14. The first-order valence-corrected chi connectivity index (χ1v) is 9.26. The van der Waals surface area contributed by atoms with Gasteiger partial charge in [-0.3, -0.25) is 4.79 Å². The van der Waals surface area contributed by atoms with Crippen molar-refractivity contribution in [2.75, 3.05) is 7.05 Å². The maximum atomic E-state index is 11.7. The molecule has 0 bridgehead atoms. The summed E-state index contributed by atoms with van der Waals surface area (Å²) in [5.41, 5.74) is -0.201. The van der Waals surface area contributed by atoms with E-state index in [1.54, 1.807) is 7.05 Å². The predicted molar refractivity (Wildman–Crippen MR) is 93.5 cm³/mol. The number of unbranched alkanes of at least 4 members (excludes halogenated alkanes) is 11. The number of carbonyl (C=O) groups excluding carboxylic acids is 1. The molecule has 0 radical (unpaired) electrons. The molecular weight excluding hydrogens is 258 g/mol. The number of hydrogen-bond acceptors (Lipinski definition) is 1. The first-order valence-electron chi connectivity index (χ1n) is 9.26. The fourth-order valence-electron chi connectivity index (χ4n) is 2.86. The number of carbonyl (C=O) groups is 1. The standard InChI is InChI=1S/C19H39NO/c1-5-6-7-8-9-10-11-12-13-14-15-16-17-19(2,3)18(21)20-4/h5-17H2,1-4H3,(H,20,21). The van der Waals surface area contributed by atoms with Crippen molar-refractivity contribution in [2.24, 2.45) is 5.41 Å². The summed E-state index contributed by atoms with van der Waals surface area (Å²) in [6.07, 6.45) is 17.4. The van der Waals surface area contributed by atoms with Crippen molar-refractivity contribution in [3.63, 3.8) is 0 Å². The van der Waals surface area contributed by atoms with Gasteiger partial charge in [-0.2, -0.15) is 0 Å². The Morgan fingerprint density at radius 3 is 1.52 bits per heavy atom. The van der Waals surface area contributed by atoms with Crippen molar-refractivity contribution in [3.8, 4) is 0 Å². The van der Waals surface area contributed by atoms with Gasteiger partial charge in [-0.15, -0.1) is 0 Å². The summed E-state index contributed by atoms with van der Waals surface area (Å²) in [5.74, 6) is 0.172. The van der Waals surface area contributed by atoms with Gasteiger partial charge in [0.2, 0.25) is 5.91 Å². The highest BCUT2D eigenvalue weighted by molar-refractivity contribution is 5.81. The maximum Gasteiger partial charge on any atom is 0.225 e. The third-order valence-corrected chi connectivity index (χ3v) is 4.50. The van der Waals surface area contributed by atoms with Crippen LogP contribution in [0.2, 0.25) is 0 Å². The third-order valence-electron chi connectivity index (χ3n) is 4.50. The van der Waals surface area contributed by atoms with Crippen LogP contribution in [0.1, 0.15) is 104 Å². The Bertz CT molecular complexity index is 248. The fraction of sp³-hybridized carbons (Fsp3) is 0.947. The van der Waals surface area contributed by atoms with E-state index < -0.39 is 0 Å². The van der Waals surface area contributed by atoms with Crippen LogP contribution >= 0.6 is 0 Å². The molecule has 0 aliphatic rings. The smallest absolute Gasteiger partial charge is 0.225 e. The molecule has 2 nitrogen and oxygen atoms in total. The molecule has 0 aromatic carbocycles. The molecule has 0 saturated heterocycles. The van der Waals surface area contributed by atoms with E-state index in [4.69, 9.17) is 0 Å². The largest absolute Gasteiger partial charge is 0.359 e. The van der Waals surface area contributed by atoms with E-state index in [0.29, 0.717) is 0 Å². The van der Waals surface area contributed by atoms with Crippen LogP contribution in [-0.4, -0.2) is 13.0 Å². The molecule has 0 rings (SSSR count). The van der Waals surface area contributed by atoms with Gasteiger partial charge in [0, 0.05) is 12.5 Å². The van der Waals surface area contributed by atoms with Crippen molar-refractivity contribution in [1.29, 1.82) is 0 Å². The fourth-order valence-corrected chi connectivity index (χ4v) is 2.86. The number of amides is 1. The molecule has 0 atom stereocenters. The highest BCUT2D eigenvalue weighted by Crippen LogP contribution is 2.24. The van der Waals surface area contributed by atoms with Crippen LogP contribution in [-0.2, 0) is 4.79 Å². The Labute approximate surface area is 133 Å². The minimum absolute atomic E-state index is 0.172. The van der Waals surface area contributed by atoms with Crippen LogP contribution in [0.5, 0.6) is 0 Å². The van der Waals surface area contributed by atoms with Crippen LogP contribution in [0.4, 0.5) is 0 Å². The molecule has 0 heterocycles. The molecule has 0 saturated carbocycles. The van der Waals surface area contributed by atoms with E-state index in [-0.39, 0.29) is 11.3 Å². The first kappa shape index (κ1) is 20.5. The van der Waals surface area contributed by atoms with E-state index in [0.717, 1.165) is 6.42 Å². The SMILES string of the molecule is CCCCCCCCCCCCCCC(C)(C)C(=O)NC. The minimum atomic E-state index is -0.201. The van der Waals surface area contributed by atoms with Gasteiger partial charge in [-0.25, -0.2) is 0 Å². The van der Waals surface area contributed by atoms with Crippen molar-refractivity contribution < 1.29 is 4.79 Å². The number of hydrogen-bond donors (Lipinski definition) is 1. The molecule has 1 amide bonds. The van der Waals surface area contributed by atoms with Gasteiger partial charge in [0.25, 0.3) is 0 Å². The lowest BCUT2D eigenvalue weighted by molar-refractivity contribution is -0.129. The molecule has 0 aromatic rings. The molecule has 0 fully saturated rings. The Hall–Kier alpha value is -0.530. The van der Waals surface area contributed by atoms with Gasteiger partial charge in [0.1, 0.15) is 0 Å². The zero-order valence-corrected chi connectivity index (χ0v) is 15.1. The summed E-state index contributed by atoms with van der Waals surface area (Å²) in [6, 6.07) is 0. The predicted octanol–water partition coefficient (Wildman–Crippen LogP) is 5.85.